The lowest BCUT2D eigenvalue weighted by molar-refractivity contribution is 0.0175. The molecule has 0 amide bonds. The van der Waals surface area contributed by atoms with Crippen LogP contribution in [0.2, 0.25) is 0 Å². The Hall–Kier alpha value is -2.64. The van der Waals surface area contributed by atoms with E-state index in [9.17, 15) is 13.9 Å². The number of aromatic nitrogens is 2. The molecule has 4 rings (SSSR count). The van der Waals surface area contributed by atoms with E-state index in [1.54, 1.807) is 24.5 Å². The predicted molar refractivity (Wildman–Crippen MR) is 103 cm³/mol. The number of ether oxygens (including phenoxy) is 1. The number of rotatable bonds is 5. The summed E-state index contributed by atoms with van der Waals surface area (Å²) in [4.78, 5) is 8.97. The zero-order valence-corrected chi connectivity index (χ0v) is 15.5. The number of halogens is 2. The van der Waals surface area contributed by atoms with Gasteiger partial charge in [-0.05, 0) is 17.7 Å². The van der Waals surface area contributed by atoms with Crippen LogP contribution in [0.5, 0.6) is 0 Å². The number of benzene rings is 1. The second-order valence-corrected chi connectivity index (χ2v) is 7.27. The van der Waals surface area contributed by atoms with Crippen molar-refractivity contribution >= 4 is 16.7 Å². The van der Waals surface area contributed by atoms with Crippen LogP contribution in [-0.4, -0.2) is 40.4 Å². The summed E-state index contributed by atoms with van der Waals surface area (Å²) in [5.41, 5.74) is 1.29. The van der Waals surface area contributed by atoms with E-state index in [-0.39, 0.29) is 5.56 Å². The van der Waals surface area contributed by atoms with Crippen molar-refractivity contribution in [2.45, 2.75) is 24.9 Å². The Morgan fingerprint density at radius 1 is 1.21 bits per heavy atom. The van der Waals surface area contributed by atoms with Crippen LogP contribution in [0, 0.1) is 0 Å². The van der Waals surface area contributed by atoms with E-state index in [1.807, 2.05) is 12.1 Å². The fourth-order valence-electron chi connectivity index (χ4n) is 3.35. The molecule has 1 aliphatic rings. The van der Waals surface area contributed by atoms with Crippen LogP contribution in [0.3, 0.4) is 0 Å². The average molecular weight is 385 g/mol. The summed E-state index contributed by atoms with van der Waals surface area (Å²) in [5, 5.41) is 14.5. The lowest BCUT2D eigenvalue weighted by Gasteiger charge is -2.21. The third-order valence-corrected chi connectivity index (χ3v) is 5.01. The van der Waals surface area contributed by atoms with Crippen LogP contribution < -0.4 is 5.32 Å². The highest BCUT2D eigenvalue weighted by molar-refractivity contribution is 5.99. The first-order valence-corrected chi connectivity index (χ1v) is 9.12. The molecule has 0 saturated carbocycles. The van der Waals surface area contributed by atoms with E-state index in [0.29, 0.717) is 37.5 Å². The number of alkyl halides is 2. The second kappa shape index (κ2) is 7.07. The SMILES string of the molecule is CC(F)(F)c1ccc(-c2cnc(NCC3(O)CCOC3)c3cccnc23)cc1. The molecule has 0 aliphatic carbocycles. The molecule has 1 unspecified atom stereocenters. The first-order chi connectivity index (χ1) is 13.4. The molecular formula is C21H21F2N3O2. The Bertz CT molecular complexity index is 981. The van der Waals surface area contributed by atoms with Gasteiger partial charge in [0.05, 0.1) is 12.1 Å². The van der Waals surface area contributed by atoms with Crippen molar-refractivity contribution in [2.75, 3.05) is 25.1 Å². The fraction of sp³-hybridized carbons (Fsp3) is 0.333. The summed E-state index contributed by atoms with van der Waals surface area (Å²) in [6.45, 7) is 2.04. The number of hydrogen-bond donors (Lipinski definition) is 2. The summed E-state index contributed by atoms with van der Waals surface area (Å²) in [6.07, 6.45) is 3.93. The van der Waals surface area contributed by atoms with Gasteiger partial charge in [0.2, 0.25) is 0 Å². The Morgan fingerprint density at radius 3 is 2.68 bits per heavy atom. The summed E-state index contributed by atoms with van der Waals surface area (Å²) in [5.74, 6) is -2.27. The van der Waals surface area contributed by atoms with Gasteiger partial charge in [-0.1, -0.05) is 24.3 Å². The standard InChI is InChI=1S/C21H21F2N3O2/c1-20(22,23)15-6-4-14(5-7-15)17-11-25-19(16-3-2-9-24-18(16)17)26-12-21(27)8-10-28-13-21/h2-7,9,11,27H,8,10,12-13H2,1H3,(H,25,26). The van der Waals surface area contributed by atoms with Crippen molar-refractivity contribution in [3.05, 3.63) is 54.4 Å². The minimum Gasteiger partial charge on any atom is -0.386 e. The molecule has 0 bridgehead atoms. The minimum atomic E-state index is -2.88. The van der Waals surface area contributed by atoms with Crippen molar-refractivity contribution in [2.24, 2.45) is 0 Å². The Balaban J connectivity index is 1.67. The quantitative estimate of drug-likeness (QED) is 0.696. The molecule has 146 valence electrons. The Labute approximate surface area is 161 Å². The van der Waals surface area contributed by atoms with E-state index in [2.05, 4.69) is 15.3 Å². The smallest absolute Gasteiger partial charge is 0.270 e. The van der Waals surface area contributed by atoms with Gasteiger partial charge in [0.15, 0.2) is 0 Å². The maximum absolute atomic E-state index is 13.5. The van der Waals surface area contributed by atoms with Crippen LogP contribution in [0.4, 0.5) is 14.6 Å². The predicted octanol–water partition coefficient (Wildman–Crippen LogP) is 3.97. The lowest BCUT2D eigenvalue weighted by Crippen LogP contribution is -2.37. The highest BCUT2D eigenvalue weighted by Crippen LogP contribution is 2.33. The molecular weight excluding hydrogens is 364 g/mol. The van der Waals surface area contributed by atoms with Crippen molar-refractivity contribution in [1.29, 1.82) is 0 Å². The van der Waals surface area contributed by atoms with Crippen LogP contribution in [0.1, 0.15) is 18.9 Å². The van der Waals surface area contributed by atoms with Crippen molar-refractivity contribution < 1.29 is 18.6 Å². The Morgan fingerprint density at radius 2 is 2.00 bits per heavy atom. The number of pyridine rings is 2. The molecule has 0 spiro atoms. The third kappa shape index (κ3) is 3.68. The number of anilines is 1. The van der Waals surface area contributed by atoms with Crippen LogP contribution in [0.15, 0.2) is 48.8 Å². The zero-order valence-electron chi connectivity index (χ0n) is 15.5. The molecule has 3 heterocycles. The number of hydrogen-bond acceptors (Lipinski definition) is 5. The normalized spacial score (nSPS) is 19.9. The molecule has 7 heteroatoms. The van der Waals surface area contributed by atoms with E-state index >= 15 is 0 Å². The average Bonchev–Trinajstić information content (AvgIpc) is 3.12. The van der Waals surface area contributed by atoms with Gasteiger partial charge >= 0.3 is 0 Å². The zero-order chi connectivity index (χ0) is 19.8. The van der Waals surface area contributed by atoms with Crippen molar-refractivity contribution in [3.63, 3.8) is 0 Å². The van der Waals surface area contributed by atoms with Crippen molar-refractivity contribution in [3.8, 4) is 11.1 Å². The van der Waals surface area contributed by atoms with Gasteiger partial charge in [-0.25, -0.2) is 13.8 Å². The lowest BCUT2D eigenvalue weighted by atomic mass is 10.0. The summed E-state index contributed by atoms with van der Waals surface area (Å²) in [6, 6.07) is 9.86. The molecule has 0 radical (unpaired) electrons. The van der Waals surface area contributed by atoms with Crippen LogP contribution in [-0.2, 0) is 10.7 Å². The first-order valence-electron chi connectivity index (χ1n) is 9.12. The van der Waals surface area contributed by atoms with E-state index in [4.69, 9.17) is 4.74 Å². The summed E-state index contributed by atoms with van der Waals surface area (Å²) in [7, 11) is 0. The van der Waals surface area contributed by atoms with Gasteiger partial charge in [0.25, 0.3) is 5.92 Å². The van der Waals surface area contributed by atoms with E-state index < -0.39 is 11.5 Å². The topological polar surface area (TPSA) is 67.3 Å². The van der Waals surface area contributed by atoms with Gasteiger partial charge in [-0.3, -0.25) is 4.98 Å². The molecule has 5 nitrogen and oxygen atoms in total. The molecule has 1 aromatic carbocycles. The largest absolute Gasteiger partial charge is 0.386 e. The summed E-state index contributed by atoms with van der Waals surface area (Å²) >= 11 is 0. The summed E-state index contributed by atoms with van der Waals surface area (Å²) < 4.78 is 32.2. The van der Waals surface area contributed by atoms with Crippen LogP contribution in [0.25, 0.3) is 22.0 Å². The molecule has 1 atom stereocenters. The monoisotopic (exact) mass is 385 g/mol. The third-order valence-electron chi connectivity index (χ3n) is 5.01. The van der Waals surface area contributed by atoms with Gasteiger partial charge in [0, 0.05) is 55.4 Å². The molecule has 2 aromatic heterocycles. The van der Waals surface area contributed by atoms with Gasteiger partial charge in [0.1, 0.15) is 11.4 Å². The number of aliphatic hydroxyl groups is 1. The van der Waals surface area contributed by atoms with Gasteiger partial charge < -0.3 is 15.2 Å². The molecule has 1 fully saturated rings. The van der Waals surface area contributed by atoms with Gasteiger partial charge in [-0.2, -0.15) is 0 Å². The maximum atomic E-state index is 13.5. The molecule has 3 aromatic rings. The first kappa shape index (κ1) is 18.7. The van der Waals surface area contributed by atoms with E-state index in [1.165, 1.54) is 12.1 Å². The number of fused-ring (bicyclic) bond motifs is 1. The number of nitrogens with one attached hydrogen (secondary N) is 1. The fourth-order valence-corrected chi connectivity index (χ4v) is 3.35. The molecule has 1 aliphatic heterocycles. The number of nitrogens with zero attached hydrogens (tertiary/aromatic N) is 2. The van der Waals surface area contributed by atoms with E-state index in [0.717, 1.165) is 23.4 Å². The Kier molecular flexibility index (Phi) is 4.72. The molecule has 2 N–H and O–H groups in total. The minimum absolute atomic E-state index is 0.0354. The molecule has 28 heavy (non-hydrogen) atoms. The second-order valence-electron chi connectivity index (χ2n) is 7.27. The highest BCUT2D eigenvalue weighted by Gasteiger charge is 2.32. The van der Waals surface area contributed by atoms with Gasteiger partial charge in [-0.15, -0.1) is 0 Å². The highest BCUT2D eigenvalue weighted by atomic mass is 19.3. The van der Waals surface area contributed by atoms with Crippen molar-refractivity contribution in [1.82, 2.24) is 9.97 Å². The maximum Gasteiger partial charge on any atom is 0.270 e. The molecule has 1 saturated heterocycles. The van der Waals surface area contributed by atoms with Crippen LogP contribution >= 0.6 is 0 Å².